The SMILES string of the molecule is COc1ccc(Cl)cc1-n1nc(C(C)C)nc1-c1ncn[nH]1. The molecule has 0 saturated heterocycles. The second-order valence-corrected chi connectivity index (χ2v) is 5.45. The summed E-state index contributed by atoms with van der Waals surface area (Å²) >= 11 is 6.12. The van der Waals surface area contributed by atoms with Crippen molar-refractivity contribution in [3.63, 3.8) is 0 Å². The molecule has 0 spiro atoms. The van der Waals surface area contributed by atoms with Crippen molar-refractivity contribution in [1.82, 2.24) is 29.9 Å². The van der Waals surface area contributed by atoms with E-state index in [1.165, 1.54) is 6.33 Å². The van der Waals surface area contributed by atoms with E-state index in [1.807, 2.05) is 13.8 Å². The van der Waals surface area contributed by atoms with Gasteiger partial charge in [-0.3, -0.25) is 5.10 Å². The first-order valence-corrected chi connectivity index (χ1v) is 7.14. The highest BCUT2D eigenvalue weighted by Crippen LogP contribution is 2.29. The quantitative estimate of drug-likeness (QED) is 0.800. The maximum Gasteiger partial charge on any atom is 0.201 e. The van der Waals surface area contributed by atoms with Crippen molar-refractivity contribution in [3.05, 3.63) is 35.4 Å². The number of hydrogen-bond donors (Lipinski definition) is 1. The normalized spacial score (nSPS) is 11.1. The van der Waals surface area contributed by atoms with Gasteiger partial charge in [-0.25, -0.2) is 14.6 Å². The summed E-state index contributed by atoms with van der Waals surface area (Å²) in [6.45, 7) is 4.05. The summed E-state index contributed by atoms with van der Waals surface area (Å²) in [5.74, 6) is 2.61. The van der Waals surface area contributed by atoms with Gasteiger partial charge >= 0.3 is 0 Å². The summed E-state index contributed by atoms with van der Waals surface area (Å²) in [6, 6.07) is 5.33. The van der Waals surface area contributed by atoms with Gasteiger partial charge < -0.3 is 4.74 Å². The van der Waals surface area contributed by atoms with Crippen LogP contribution in [-0.2, 0) is 0 Å². The number of aromatic amines is 1. The van der Waals surface area contributed by atoms with Crippen LogP contribution in [0.2, 0.25) is 5.02 Å². The van der Waals surface area contributed by atoms with Crippen molar-refractivity contribution in [2.24, 2.45) is 0 Å². The highest BCUT2D eigenvalue weighted by atomic mass is 35.5. The largest absolute Gasteiger partial charge is 0.494 e. The standard InChI is InChI=1S/C14H15ClN6O/c1-8(2)12-18-14(13-16-7-17-19-13)21(20-12)10-6-9(15)4-5-11(10)22-3/h4-8H,1-3H3,(H,16,17,19). The predicted octanol–water partition coefficient (Wildman–Crippen LogP) is 2.84. The smallest absolute Gasteiger partial charge is 0.201 e. The van der Waals surface area contributed by atoms with Gasteiger partial charge in [0.05, 0.1) is 7.11 Å². The molecule has 3 aromatic rings. The van der Waals surface area contributed by atoms with Crippen LogP contribution >= 0.6 is 11.6 Å². The average molecular weight is 319 g/mol. The van der Waals surface area contributed by atoms with E-state index in [2.05, 4.69) is 25.3 Å². The number of methoxy groups -OCH3 is 1. The van der Waals surface area contributed by atoms with E-state index in [4.69, 9.17) is 16.3 Å². The molecule has 0 atom stereocenters. The van der Waals surface area contributed by atoms with Crippen LogP contribution in [0.3, 0.4) is 0 Å². The summed E-state index contributed by atoms with van der Waals surface area (Å²) < 4.78 is 7.07. The first-order chi connectivity index (χ1) is 10.6. The molecule has 0 saturated carbocycles. The lowest BCUT2D eigenvalue weighted by Crippen LogP contribution is -2.03. The summed E-state index contributed by atoms with van der Waals surface area (Å²) in [5, 5.41) is 11.8. The lowest BCUT2D eigenvalue weighted by Gasteiger charge is -2.10. The molecule has 0 bridgehead atoms. The van der Waals surface area contributed by atoms with E-state index in [1.54, 1.807) is 30.0 Å². The van der Waals surface area contributed by atoms with Crippen LogP contribution in [0.25, 0.3) is 17.3 Å². The number of ether oxygens (including phenoxy) is 1. The predicted molar refractivity (Wildman–Crippen MR) is 82.4 cm³/mol. The van der Waals surface area contributed by atoms with Crippen molar-refractivity contribution in [3.8, 4) is 23.1 Å². The molecule has 0 aliphatic rings. The fraction of sp³-hybridized carbons (Fsp3) is 0.286. The Morgan fingerprint density at radius 2 is 2.14 bits per heavy atom. The van der Waals surface area contributed by atoms with Gasteiger partial charge in [-0.1, -0.05) is 25.4 Å². The molecule has 22 heavy (non-hydrogen) atoms. The van der Waals surface area contributed by atoms with E-state index in [-0.39, 0.29) is 5.92 Å². The van der Waals surface area contributed by atoms with Gasteiger partial charge in [0.15, 0.2) is 11.6 Å². The molecule has 0 fully saturated rings. The lowest BCUT2D eigenvalue weighted by atomic mass is 10.2. The molecule has 0 radical (unpaired) electrons. The minimum Gasteiger partial charge on any atom is -0.494 e. The van der Waals surface area contributed by atoms with Crippen LogP contribution in [0.4, 0.5) is 0 Å². The molecule has 1 aromatic carbocycles. The van der Waals surface area contributed by atoms with Gasteiger partial charge in [-0.15, -0.1) is 0 Å². The summed E-state index contributed by atoms with van der Waals surface area (Å²) in [6.07, 6.45) is 1.43. The zero-order valence-corrected chi connectivity index (χ0v) is 13.2. The summed E-state index contributed by atoms with van der Waals surface area (Å²) in [5.41, 5.74) is 0.695. The first kappa shape index (κ1) is 14.5. The summed E-state index contributed by atoms with van der Waals surface area (Å²) in [7, 11) is 1.60. The maximum absolute atomic E-state index is 6.12. The molecule has 0 aliphatic carbocycles. The Bertz CT molecular complexity index is 781. The molecular weight excluding hydrogens is 304 g/mol. The van der Waals surface area contributed by atoms with Gasteiger partial charge in [0.2, 0.25) is 5.82 Å². The zero-order chi connectivity index (χ0) is 15.7. The monoisotopic (exact) mass is 318 g/mol. The average Bonchev–Trinajstić information content (AvgIpc) is 3.16. The number of halogens is 1. The minimum absolute atomic E-state index is 0.174. The van der Waals surface area contributed by atoms with E-state index in [0.29, 0.717) is 33.9 Å². The van der Waals surface area contributed by atoms with Crippen LogP contribution in [0, 0.1) is 0 Å². The number of nitrogens with zero attached hydrogens (tertiary/aromatic N) is 5. The first-order valence-electron chi connectivity index (χ1n) is 6.76. The van der Waals surface area contributed by atoms with Gasteiger partial charge in [0, 0.05) is 10.9 Å². The Kier molecular flexibility index (Phi) is 3.81. The third kappa shape index (κ3) is 2.55. The second kappa shape index (κ2) is 5.76. The second-order valence-electron chi connectivity index (χ2n) is 5.01. The molecular formula is C14H15ClN6O. The molecule has 0 aliphatic heterocycles. The number of benzene rings is 1. The molecule has 3 rings (SSSR count). The fourth-order valence-corrected chi connectivity index (χ4v) is 2.20. The minimum atomic E-state index is 0.174. The molecule has 114 valence electrons. The Balaban J connectivity index is 2.24. The van der Waals surface area contributed by atoms with Crippen LogP contribution in [0.15, 0.2) is 24.5 Å². The Morgan fingerprint density at radius 1 is 1.32 bits per heavy atom. The van der Waals surface area contributed by atoms with Gasteiger partial charge in [0.25, 0.3) is 0 Å². The molecule has 2 aromatic heterocycles. The zero-order valence-electron chi connectivity index (χ0n) is 12.4. The van der Waals surface area contributed by atoms with Gasteiger partial charge in [-0.05, 0) is 18.2 Å². The molecule has 7 nitrogen and oxygen atoms in total. The number of rotatable bonds is 4. The van der Waals surface area contributed by atoms with E-state index in [9.17, 15) is 0 Å². The number of H-pyrrole nitrogens is 1. The van der Waals surface area contributed by atoms with Crippen LogP contribution in [-0.4, -0.2) is 37.1 Å². The van der Waals surface area contributed by atoms with Crippen LogP contribution in [0.5, 0.6) is 5.75 Å². The number of hydrogen-bond acceptors (Lipinski definition) is 5. The Labute approximate surface area is 132 Å². The highest BCUT2D eigenvalue weighted by molar-refractivity contribution is 6.30. The Morgan fingerprint density at radius 3 is 2.77 bits per heavy atom. The molecule has 8 heteroatoms. The molecule has 2 heterocycles. The van der Waals surface area contributed by atoms with E-state index >= 15 is 0 Å². The Hall–Kier alpha value is -2.41. The highest BCUT2D eigenvalue weighted by Gasteiger charge is 2.20. The van der Waals surface area contributed by atoms with Gasteiger partial charge in [-0.2, -0.15) is 10.2 Å². The maximum atomic E-state index is 6.12. The lowest BCUT2D eigenvalue weighted by molar-refractivity contribution is 0.411. The van der Waals surface area contributed by atoms with Crippen molar-refractivity contribution >= 4 is 11.6 Å². The van der Waals surface area contributed by atoms with Crippen LogP contribution in [0.1, 0.15) is 25.6 Å². The molecule has 1 N–H and O–H groups in total. The topological polar surface area (TPSA) is 81.5 Å². The molecule has 0 amide bonds. The molecule has 0 unspecified atom stereocenters. The van der Waals surface area contributed by atoms with Gasteiger partial charge in [0.1, 0.15) is 17.8 Å². The van der Waals surface area contributed by atoms with E-state index in [0.717, 1.165) is 0 Å². The third-order valence-corrected chi connectivity index (χ3v) is 3.37. The van der Waals surface area contributed by atoms with Crippen molar-refractivity contribution in [2.45, 2.75) is 19.8 Å². The van der Waals surface area contributed by atoms with Crippen molar-refractivity contribution < 1.29 is 4.74 Å². The van der Waals surface area contributed by atoms with Crippen molar-refractivity contribution in [2.75, 3.05) is 7.11 Å². The summed E-state index contributed by atoms with van der Waals surface area (Å²) in [4.78, 5) is 8.71. The van der Waals surface area contributed by atoms with Crippen molar-refractivity contribution in [1.29, 1.82) is 0 Å². The third-order valence-electron chi connectivity index (χ3n) is 3.14. The number of nitrogens with one attached hydrogen (secondary N) is 1. The van der Waals surface area contributed by atoms with E-state index < -0.39 is 0 Å². The van der Waals surface area contributed by atoms with Crippen LogP contribution < -0.4 is 4.74 Å². The number of aromatic nitrogens is 6. The fourth-order valence-electron chi connectivity index (χ4n) is 2.04.